The van der Waals surface area contributed by atoms with Gasteiger partial charge in [-0.15, -0.1) is 10.2 Å². The summed E-state index contributed by atoms with van der Waals surface area (Å²) in [5.74, 6) is 1.81. The van der Waals surface area contributed by atoms with Gasteiger partial charge in [0.15, 0.2) is 11.6 Å². The summed E-state index contributed by atoms with van der Waals surface area (Å²) < 4.78 is 7.44. The van der Waals surface area contributed by atoms with Crippen LogP contribution >= 0.6 is 0 Å². The van der Waals surface area contributed by atoms with Gasteiger partial charge in [-0.25, -0.2) is 0 Å². The minimum Gasteiger partial charge on any atom is -0.493 e. The first kappa shape index (κ1) is 13.4. The molecule has 5 heteroatoms. The normalized spacial score (nSPS) is 20.7. The molecule has 2 aromatic rings. The van der Waals surface area contributed by atoms with Crippen LogP contribution in [0.2, 0.25) is 0 Å². The van der Waals surface area contributed by atoms with Gasteiger partial charge in [0.2, 0.25) is 5.65 Å². The van der Waals surface area contributed by atoms with E-state index in [2.05, 4.69) is 33.3 Å². The monoisotopic (exact) mass is 274 g/mol. The molecule has 0 aromatic carbocycles. The number of likely N-dealkylation sites (tertiary alicyclic amines) is 1. The maximum absolute atomic E-state index is 5.37. The standard InChI is InChI=1S/C15H22N4O/c1-11(2)18-9-5-4-7-12(18)14-16-17-15-13(20-3)8-6-10-19(14)15/h6,8,10-12H,4-5,7,9H2,1-3H3. The lowest BCUT2D eigenvalue weighted by molar-refractivity contribution is 0.105. The fraction of sp³-hybridized carbons (Fsp3) is 0.600. The van der Waals surface area contributed by atoms with E-state index < -0.39 is 0 Å². The number of piperidine rings is 1. The first-order chi connectivity index (χ1) is 9.72. The molecule has 0 bridgehead atoms. The molecular formula is C15H22N4O. The summed E-state index contributed by atoms with van der Waals surface area (Å²) in [5.41, 5.74) is 0.805. The zero-order chi connectivity index (χ0) is 14.1. The summed E-state index contributed by atoms with van der Waals surface area (Å²) in [6.45, 7) is 5.64. The molecule has 1 aliphatic heterocycles. The highest BCUT2D eigenvalue weighted by molar-refractivity contribution is 5.53. The van der Waals surface area contributed by atoms with Crippen LogP contribution in [0.1, 0.15) is 45.0 Å². The molecule has 0 radical (unpaired) electrons. The Kier molecular flexibility index (Phi) is 3.61. The second-order valence-electron chi connectivity index (χ2n) is 5.67. The molecule has 0 saturated carbocycles. The third kappa shape index (κ3) is 2.16. The predicted molar refractivity (Wildman–Crippen MR) is 78.0 cm³/mol. The van der Waals surface area contributed by atoms with E-state index in [-0.39, 0.29) is 0 Å². The summed E-state index contributed by atoms with van der Waals surface area (Å²) in [6, 6.07) is 4.79. The Labute approximate surface area is 119 Å². The van der Waals surface area contributed by atoms with Gasteiger partial charge in [0.05, 0.1) is 13.2 Å². The molecule has 1 aliphatic rings. The Morgan fingerprint density at radius 2 is 2.15 bits per heavy atom. The predicted octanol–water partition coefficient (Wildman–Crippen LogP) is 2.67. The maximum Gasteiger partial charge on any atom is 0.203 e. The molecule has 0 amide bonds. The van der Waals surface area contributed by atoms with Crippen LogP contribution < -0.4 is 4.74 Å². The molecule has 108 valence electrons. The van der Waals surface area contributed by atoms with Crippen LogP contribution in [-0.2, 0) is 0 Å². The number of methoxy groups -OCH3 is 1. The van der Waals surface area contributed by atoms with Crippen LogP contribution in [0.25, 0.3) is 5.65 Å². The third-order valence-electron chi connectivity index (χ3n) is 4.15. The van der Waals surface area contributed by atoms with Crippen LogP contribution in [0.3, 0.4) is 0 Å². The number of fused-ring (bicyclic) bond motifs is 1. The van der Waals surface area contributed by atoms with Gasteiger partial charge in [-0.3, -0.25) is 9.30 Å². The van der Waals surface area contributed by atoms with Gasteiger partial charge >= 0.3 is 0 Å². The molecule has 5 nitrogen and oxygen atoms in total. The maximum atomic E-state index is 5.37. The number of nitrogens with zero attached hydrogens (tertiary/aromatic N) is 4. The number of pyridine rings is 1. The van der Waals surface area contributed by atoms with Crippen molar-refractivity contribution in [3.63, 3.8) is 0 Å². The minimum absolute atomic E-state index is 0.353. The summed E-state index contributed by atoms with van der Waals surface area (Å²) in [4.78, 5) is 2.53. The molecule has 0 N–H and O–H groups in total. The number of ether oxygens (including phenoxy) is 1. The van der Waals surface area contributed by atoms with E-state index in [0.29, 0.717) is 12.1 Å². The van der Waals surface area contributed by atoms with E-state index >= 15 is 0 Å². The highest BCUT2D eigenvalue weighted by Crippen LogP contribution is 2.32. The highest BCUT2D eigenvalue weighted by Gasteiger charge is 2.29. The lowest BCUT2D eigenvalue weighted by Gasteiger charge is -2.37. The lowest BCUT2D eigenvalue weighted by Crippen LogP contribution is -2.39. The van der Waals surface area contributed by atoms with Crippen molar-refractivity contribution in [1.29, 1.82) is 0 Å². The quantitative estimate of drug-likeness (QED) is 0.863. The number of hydrogen-bond acceptors (Lipinski definition) is 4. The van der Waals surface area contributed by atoms with E-state index in [9.17, 15) is 0 Å². The van der Waals surface area contributed by atoms with Crippen LogP contribution in [0, 0.1) is 0 Å². The molecule has 3 rings (SSSR count). The lowest BCUT2D eigenvalue weighted by atomic mass is 10.00. The van der Waals surface area contributed by atoms with Gasteiger partial charge < -0.3 is 4.74 Å². The van der Waals surface area contributed by atoms with Crippen molar-refractivity contribution in [3.05, 3.63) is 24.2 Å². The first-order valence-corrected chi connectivity index (χ1v) is 7.35. The Hall–Kier alpha value is -1.62. The zero-order valence-corrected chi connectivity index (χ0v) is 12.4. The smallest absolute Gasteiger partial charge is 0.203 e. The molecule has 1 atom stereocenters. The first-order valence-electron chi connectivity index (χ1n) is 7.35. The van der Waals surface area contributed by atoms with Gasteiger partial charge in [-0.1, -0.05) is 6.42 Å². The van der Waals surface area contributed by atoms with E-state index in [1.54, 1.807) is 7.11 Å². The van der Waals surface area contributed by atoms with Crippen LogP contribution in [0.5, 0.6) is 5.75 Å². The van der Waals surface area contributed by atoms with E-state index in [0.717, 1.165) is 30.2 Å². The number of rotatable bonds is 3. The molecule has 2 aromatic heterocycles. The van der Waals surface area contributed by atoms with Crippen molar-refractivity contribution in [2.75, 3.05) is 13.7 Å². The summed E-state index contributed by atoms with van der Waals surface area (Å²) >= 11 is 0. The van der Waals surface area contributed by atoms with Gasteiger partial charge in [0, 0.05) is 12.2 Å². The second-order valence-corrected chi connectivity index (χ2v) is 5.67. The number of aromatic nitrogens is 3. The SMILES string of the molecule is COc1cccn2c(C3CCCCN3C(C)C)nnc12. The summed E-state index contributed by atoms with van der Waals surface area (Å²) in [6.07, 6.45) is 5.71. The fourth-order valence-corrected chi connectivity index (χ4v) is 3.15. The van der Waals surface area contributed by atoms with Crippen molar-refractivity contribution in [3.8, 4) is 5.75 Å². The van der Waals surface area contributed by atoms with Crippen molar-refractivity contribution in [1.82, 2.24) is 19.5 Å². The second kappa shape index (κ2) is 5.40. The molecule has 1 fully saturated rings. The molecule has 20 heavy (non-hydrogen) atoms. The molecule has 0 aliphatic carbocycles. The summed E-state index contributed by atoms with van der Waals surface area (Å²) in [5, 5.41) is 8.77. The van der Waals surface area contributed by atoms with Crippen LogP contribution in [0.4, 0.5) is 0 Å². The fourth-order valence-electron chi connectivity index (χ4n) is 3.15. The third-order valence-corrected chi connectivity index (χ3v) is 4.15. The van der Waals surface area contributed by atoms with Crippen molar-refractivity contribution in [2.24, 2.45) is 0 Å². The topological polar surface area (TPSA) is 42.7 Å². The molecule has 1 unspecified atom stereocenters. The van der Waals surface area contributed by atoms with Crippen molar-refractivity contribution < 1.29 is 4.74 Å². The molecule has 1 saturated heterocycles. The van der Waals surface area contributed by atoms with E-state index in [4.69, 9.17) is 4.74 Å². The van der Waals surface area contributed by atoms with Crippen molar-refractivity contribution in [2.45, 2.75) is 45.2 Å². The highest BCUT2D eigenvalue weighted by atomic mass is 16.5. The van der Waals surface area contributed by atoms with Gasteiger partial charge in [0.25, 0.3) is 0 Å². The minimum atomic E-state index is 0.353. The molecular weight excluding hydrogens is 252 g/mol. The van der Waals surface area contributed by atoms with Gasteiger partial charge in [0.1, 0.15) is 0 Å². The molecule has 3 heterocycles. The average molecular weight is 274 g/mol. The van der Waals surface area contributed by atoms with Crippen LogP contribution in [-0.4, -0.2) is 39.2 Å². The Morgan fingerprint density at radius 3 is 2.90 bits per heavy atom. The zero-order valence-electron chi connectivity index (χ0n) is 12.4. The molecule has 0 spiro atoms. The average Bonchev–Trinajstić information content (AvgIpc) is 2.90. The Morgan fingerprint density at radius 1 is 1.30 bits per heavy atom. The number of hydrogen-bond donors (Lipinski definition) is 0. The van der Waals surface area contributed by atoms with Crippen LogP contribution in [0.15, 0.2) is 18.3 Å². The largest absolute Gasteiger partial charge is 0.493 e. The van der Waals surface area contributed by atoms with E-state index in [1.807, 2.05) is 18.3 Å². The van der Waals surface area contributed by atoms with Gasteiger partial charge in [-0.2, -0.15) is 0 Å². The Bertz CT molecular complexity index is 593. The Balaban J connectivity index is 2.04. The van der Waals surface area contributed by atoms with Gasteiger partial charge in [-0.05, 0) is 45.4 Å². The summed E-state index contributed by atoms with van der Waals surface area (Å²) in [7, 11) is 1.67. The van der Waals surface area contributed by atoms with E-state index in [1.165, 1.54) is 12.8 Å². The van der Waals surface area contributed by atoms with Crippen molar-refractivity contribution >= 4 is 5.65 Å².